The van der Waals surface area contributed by atoms with E-state index in [1.807, 2.05) is 0 Å². The van der Waals surface area contributed by atoms with Crippen LogP contribution >= 0.6 is 11.6 Å². The normalized spacial score (nSPS) is 11.7. The minimum atomic E-state index is -4.85. The van der Waals surface area contributed by atoms with Crippen LogP contribution < -0.4 is 10.3 Å². The predicted octanol–water partition coefficient (Wildman–Crippen LogP) is 3.78. The highest BCUT2D eigenvalue weighted by Crippen LogP contribution is 2.28. The number of alkyl halides is 3. The fraction of sp³-hybridized carbons (Fsp3) is 0.0667. The lowest BCUT2D eigenvalue weighted by atomic mass is 10.2. The number of halogens is 5. The van der Waals surface area contributed by atoms with E-state index < -0.39 is 34.4 Å². The summed E-state index contributed by atoms with van der Waals surface area (Å²) in [4.78, 5) is 15.9. The maximum atomic E-state index is 13.6. The molecule has 0 radical (unpaired) electrons. The number of hydrogen-bond donors (Lipinski definition) is 1. The minimum Gasteiger partial charge on any atom is -0.507 e. The van der Waals surface area contributed by atoms with Crippen LogP contribution in [-0.4, -0.2) is 21.0 Å². The van der Waals surface area contributed by atoms with Crippen LogP contribution in [0.1, 0.15) is 0 Å². The number of aromatic hydroxyl groups is 1. The molecule has 2 aromatic heterocycles. The summed E-state index contributed by atoms with van der Waals surface area (Å²) < 4.78 is 54.9. The number of benzene rings is 1. The molecule has 130 valence electrons. The van der Waals surface area contributed by atoms with Crippen molar-refractivity contribution in [3.8, 4) is 17.2 Å². The van der Waals surface area contributed by atoms with Crippen molar-refractivity contribution in [2.24, 2.45) is 0 Å². The van der Waals surface area contributed by atoms with Crippen LogP contribution in [0.25, 0.3) is 16.7 Å². The van der Waals surface area contributed by atoms with E-state index in [-0.39, 0.29) is 16.7 Å². The largest absolute Gasteiger partial charge is 0.573 e. The lowest BCUT2D eigenvalue weighted by Crippen LogP contribution is -2.19. The molecule has 0 amide bonds. The molecule has 0 saturated carbocycles. The topological polar surface area (TPSA) is 64.3 Å². The van der Waals surface area contributed by atoms with Gasteiger partial charge in [-0.2, -0.15) is 0 Å². The quantitative estimate of drug-likeness (QED) is 0.547. The van der Waals surface area contributed by atoms with E-state index in [1.165, 1.54) is 12.1 Å². The van der Waals surface area contributed by atoms with Gasteiger partial charge in [0.2, 0.25) is 0 Å². The Hall–Kier alpha value is -2.81. The van der Waals surface area contributed by atoms with Gasteiger partial charge in [-0.3, -0.25) is 9.36 Å². The van der Waals surface area contributed by atoms with Gasteiger partial charge in [-0.25, -0.2) is 9.37 Å². The molecule has 0 unspecified atom stereocenters. The van der Waals surface area contributed by atoms with Gasteiger partial charge in [0.05, 0.1) is 11.1 Å². The van der Waals surface area contributed by atoms with Crippen molar-refractivity contribution in [2.45, 2.75) is 6.36 Å². The Balaban J connectivity index is 2.18. The molecule has 3 aromatic rings. The Labute approximate surface area is 141 Å². The highest BCUT2D eigenvalue weighted by atomic mass is 35.5. The third kappa shape index (κ3) is 3.36. The standard InChI is InChI=1S/C15H7ClF4N2O3/c16-13-10(17)5-9-11(23)6-12(24)22(14(9)21-13)7-1-3-8(4-2-7)25-15(18,19)20/h1-6,23H. The summed E-state index contributed by atoms with van der Waals surface area (Å²) in [5, 5.41) is 9.19. The molecule has 5 nitrogen and oxygen atoms in total. The van der Waals surface area contributed by atoms with Gasteiger partial charge in [-0.05, 0) is 30.3 Å². The molecule has 0 aliphatic carbocycles. The molecule has 0 atom stereocenters. The molecule has 10 heteroatoms. The summed E-state index contributed by atoms with van der Waals surface area (Å²) >= 11 is 5.62. The first-order chi connectivity index (χ1) is 11.7. The van der Waals surface area contributed by atoms with Crippen molar-refractivity contribution in [2.75, 3.05) is 0 Å². The molecule has 1 N–H and O–H groups in total. The monoisotopic (exact) mass is 374 g/mol. The molecule has 0 aliphatic rings. The molecule has 0 aliphatic heterocycles. The SMILES string of the molecule is O=c1cc(O)c2cc(F)c(Cl)nc2n1-c1ccc(OC(F)(F)F)cc1. The van der Waals surface area contributed by atoms with Crippen LogP contribution in [0.4, 0.5) is 17.6 Å². The fourth-order valence-electron chi connectivity index (χ4n) is 2.23. The summed E-state index contributed by atoms with van der Waals surface area (Å²) in [5.74, 6) is -1.88. The summed E-state index contributed by atoms with van der Waals surface area (Å²) in [6.45, 7) is 0. The maximum absolute atomic E-state index is 13.6. The zero-order valence-corrected chi connectivity index (χ0v) is 12.8. The van der Waals surface area contributed by atoms with Crippen molar-refractivity contribution in [3.63, 3.8) is 0 Å². The molecule has 0 spiro atoms. The molecular formula is C15H7ClF4N2O3. The van der Waals surface area contributed by atoms with E-state index in [2.05, 4.69) is 9.72 Å². The Bertz CT molecular complexity index is 1020. The first-order valence-electron chi connectivity index (χ1n) is 6.62. The van der Waals surface area contributed by atoms with Gasteiger partial charge in [0.1, 0.15) is 11.5 Å². The Morgan fingerprint density at radius 2 is 1.80 bits per heavy atom. The Morgan fingerprint density at radius 3 is 2.40 bits per heavy atom. The highest BCUT2D eigenvalue weighted by molar-refractivity contribution is 6.30. The second-order valence-electron chi connectivity index (χ2n) is 4.88. The summed E-state index contributed by atoms with van der Waals surface area (Å²) in [7, 11) is 0. The van der Waals surface area contributed by atoms with E-state index in [9.17, 15) is 27.5 Å². The molecule has 0 saturated heterocycles. The van der Waals surface area contributed by atoms with E-state index >= 15 is 0 Å². The number of aromatic nitrogens is 2. The van der Waals surface area contributed by atoms with E-state index in [0.717, 1.165) is 28.8 Å². The lowest BCUT2D eigenvalue weighted by Gasteiger charge is -2.12. The van der Waals surface area contributed by atoms with Crippen LogP contribution in [-0.2, 0) is 0 Å². The van der Waals surface area contributed by atoms with Gasteiger partial charge in [-0.1, -0.05) is 11.6 Å². The number of pyridine rings is 2. The molecule has 2 heterocycles. The second kappa shape index (κ2) is 5.92. The summed E-state index contributed by atoms with van der Waals surface area (Å²) in [6.07, 6.45) is -4.85. The van der Waals surface area contributed by atoms with Gasteiger partial charge in [0.25, 0.3) is 5.56 Å². The molecule has 0 bridgehead atoms. The smallest absolute Gasteiger partial charge is 0.507 e. The van der Waals surface area contributed by atoms with Crippen LogP contribution in [0.2, 0.25) is 5.15 Å². The zero-order valence-electron chi connectivity index (χ0n) is 12.0. The van der Waals surface area contributed by atoms with Crippen molar-refractivity contribution >= 4 is 22.6 Å². The number of rotatable bonds is 2. The summed E-state index contributed by atoms with van der Waals surface area (Å²) in [5.41, 5.74) is -0.759. The zero-order chi connectivity index (χ0) is 18.4. The molecule has 0 fully saturated rings. The third-order valence-electron chi connectivity index (χ3n) is 3.21. The average molecular weight is 375 g/mol. The number of nitrogens with zero attached hydrogens (tertiary/aromatic N) is 2. The first kappa shape index (κ1) is 17.0. The lowest BCUT2D eigenvalue weighted by molar-refractivity contribution is -0.274. The molecular weight excluding hydrogens is 368 g/mol. The third-order valence-corrected chi connectivity index (χ3v) is 3.47. The van der Waals surface area contributed by atoms with Gasteiger partial charge >= 0.3 is 6.36 Å². The minimum absolute atomic E-state index is 0.0860. The van der Waals surface area contributed by atoms with Gasteiger partial charge in [-0.15, -0.1) is 13.2 Å². The Morgan fingerprint density at radius 1 is 1.16 bits per heavy atom. The molecule has 3 rings (SSSR count). The molecule has 1 aromatic carbocycles. The number of hydrogen-bond acceptors (Lipinski definition) is 4. The first-order valence-corrected chi connectivity index (χ1v) is 7.00. The van der Waals surface area contributed by atoms with Crippen molar-refractivity contribution in [1.82, 2.24) is 9.55 Å². The second-order valence-corrected chi connectivity index (χ2v) is 5.24. The average Bonchev–Trinajstić information content (AvgIpc) is 2.49. The number of ether oxygens (including phenoxy) is 1. The van der Waals surface area contributed by atoms with Crippen LogP contribution in [0.5, 0.6) is 11.5 Å². The van der Waals surface area contributed by atoms with Crippen LogP contribution in [0.3, 0.4) is 0 Å². The van der Waals surface area contributed by atoms with Crippen molar-refractivity contribution in [1.29, 1.82) is 0 Å². The van der Waals surface area contributed by atoms with Gasteiger partial charge in [0, 0.05) is 6.07 Å². The van der Waals surface area contributed by atoms with E-state index in [0.29, 0.717) is 0 Å². The Kier molecular flexibility index (Phi) is 4.03. The fourth-order valence-corrected chi connectivity index (χ4v) is 2.36. The van der Waals surface area contributed by atoms with Crippen LogP contribution in [0, 0.1) is 5.82 Å². The van der Waals surface area contributed by atoms with Crippen molar-refractivity contribution < 1.29 is 27.4 Å². The van der Waals surface area contributed by atoms with E-state index in [1.54, 1.807) is 0 Å². The van der Waals surface area contributed by atoms with Gasteiger partial charge in [0.15, 0.2) is 16.6 Å². The highest BCUT2D eigenvalue weighted by Gasteiger charge is 2.31. The van der Waals surface area contributed by atoms with E-state index in [4.69, 9.17) is 11.6 Å². The maximum Gasteiger partial charge on any atom is 0.573 e. The van der Waals surface area contributed by atoms with Gasteiger partial charge < -0.3 is 9.84 Å². The number of fused-ring (bicyclic) bond motifs is 1. The predicted molar refractivity (Wildman–Crippen MR) is 80.7 cm³/mol. The summed E-state index contributed by atoms with van der Waals surface area (Å²) in [6, 6.07) is 6.09. The van der Waals surface area contributed by atoms with Crippen molar-refractivity contribution in [3.05, 3.63) is 57.7 Å². The van der Waals surface area contributed by atoms with Crippen LogP contribution in [0.15, 0.2) is 41.2 Å². The molecule has 25 heavy (non-hydrogen) atoms.